The zero-order valence-electron chi connectivity index (χ0n) is 7.99. The van der Waals surface area contributed by atoms with Crippen LogP contribution in [0.1, 0.15) is 5.56 Å². The van der Waals surface area contributed by atoms with Gasteiger partial charge in [0.25, 0.3) is 0 Å². The number of esters is 1. The number of nitrogens with zero attached hydrogens (tertiary/aromatic N) is 1. The fourth-order valence-electron chi connectivity index (χ4n) is 1.31. The average molecular weight is 270 g/mol. The Morgan fingerprint density at radius 1 is 1.60 bits per heavy atom. The van der Waals surface area contributed by atoms with Gasteiger partial charge in [0.15, 0.2) is 10.2 Å². The zero-order chi connectivity index (χ0) is 10.8. The molecule has 2 aromatic rings. The lowest BCUT2D eigenvalue weighted by Crippen LogP contribution is -2.03. The number of aromatic nitrogens is 1. The Kier molecular flexibility index (Phi) is 2.73. The minimum atomic E-state index is -0.262. The molecule has 5 heteroatoms. The van der Waals surface area contributed by atoms with Crippen LogP contribution in [0.15, 0.2) is 27.3 Å². The first-order chi connectivity index (χ1) is 7.20. The second kappa shape index (κ2) is 4.02. The number of carbonyl (C=O) groups is 1. The molecule has 0 saturated carbocycles. The van der Waals surface area contributed by atoms with Crippen molar-refractivity contribution in [3.8, 4) is 0 Å². The van der Waals surface area contributed by atoms with Crippen LogP contribution in [0.3, 0.4) is 0 Å². The lowest BCUT2D eigenvalue weighted by molar-refractivity contribution is -0.139. The van der Waals surface area contributed by atoms with E-state index in [1.54, 1.807) is 6.07 Å². The molecule has 4 nitrogen and oxygen atoms in total. The quantitative estimate of drug-likeness (QED) is 0.786. The van der Waals surface area contributed by atoms with Crippen LogP contribution in [0.5, 0.6) is 0 Å². The Bertz CT molecular complexity index is 506. The van der Waals surface area contributed by atoms with Gasteiger partial charge < -0.3 is 9.26 Å². The molecule has 0 bridgehead atoms. The van der Waals surface area contributed by atoms with E-state index >= 15 is 0 Å². The molecule has 0 aliphatic rings. The number of hydrogen-bond donors (Lipinski definition) is 0. The number of rotatable bonds is 2. The van der Waals surface area contributed by atoms with E-state index in [0.717, 1.165) is 10.9 Å². The summed E-state index contributed by atoms with van der Waals surface area (Å²) in [7, 11) is 1.37. The van der Waals surface area contributed by atoms with Crippen LogP contribution < -0.4 is 0 Å². The Morgan fingerprint density at radius 2 is 2.40 bits per heavy atom. The fraction of sp³-hybridized carbons (Fsp3) is 0.200. The molecule has 0 fully saturated rings. The van der Waals surface area contributed by atoms with Gasteiger partial charge in [-0.2, -0.15) is 0 Å². The van der Waals surface area contributed by atoms with E-state index in [0.29, 0.717) is 10.2 Å². The molecular formula is C10H8BrNO3. The number of fused-ring (bicyclic) bond motifs is 1. The molecule has 0 N–H and O–H groups in total. The highest BCUT2D eigenvalue weighted by molar-refractivity contribution is 9.10. The molecule has 0 unspecified atom stereocenters. The molecule has 0 radical (unpaired) electrons. The first kappa shape index (κ1) is 10.2. The van der Waals surface area contributed by atoms with Crippen molar-refractivity contribution >= 4 is 32.9 Å². The molecule has 0 saturated heterocycles. The van der Waals surface area contributed by atoms with E-state index in [1.807, 2.05) is 12.1 Å². The predicted octanol–water partition coefficient (Wildman–Crippen LogP) is 2.31. The Morgan fingerprint density at radius 3 is 3.13 bits per heavy atom. The van der Waals surface area contributed by atoms with Gasteiger partial charge in [0, 0.05) is 0 Å². The van der Waals surface area contributed by atoms with Gasteiger partial charge in [0.2, 0.25) is 0 Å². The fourth-order valence-corrected chi connectivity index (χ4v) is 1.69. The molecule has 1 aromatic heterocycles. The highest BCUT2D eigenvalue weighted by atomic mass is 79.9. The number of methoxy groups -OCH3 is 1. The number of ether oxygens (including phenoxy) is 1. The molecule has 0 spiro atoms. The van der Waals surface area contributed by atoms with Gasteiger partial charge in [-0.1, -0.05) is 11.2 Å². The highest BCUT2D eigenvalue weighted by Gasteiger charge is 2.08. The average Bonchev–Trinajstić information content (AvgIpc) is 2.60. The molecule has 0 aliphatic carbocycles. The van der Waals surface area contributed by atoms with Gasteiger partial charge in [0.05, 0.1) is 18.9 Å². The molecule has 15 heavy (non-hydrogen) atoms. The zero-order valence-corrected chi connectivity index (χ0v) is 9.58. The van der Waals surface area contributed by atoms with Crippen molar-refractivity contribution in [3.63, 3.8) is 0 Å². The van der Waals surface area contributed by atoms with E-state index in [1.165, 1.54) is 7.11 Å². The van der Waals surface area contributed by atoms with Crippen molar-refractivity contribution in [2.75, 3.05) is 7.11 Å². The molecular weight excluding hydrogens is 262 g/mol. The van der Waals surface area contributed by atoms with Gasteiger partial charge in [-0.25, -0.2) is 0 Å². The van der Waals surface area contributed by atoms with Crippen molar-refractivity contribution in [1.29, 1.82) is 0 Å². The van der Waals surface area contributed by atoms with Crippen molar-refractivity contribution < 1.29 is 14.1 Å². The second-order valence-electron chi connectivity index (χ2n) is 3.06. The van der Waals surface area contributed by atoms with Crippen molar-refractivity contribution in [3.05, 3.63) is 28.4 Å². The van der Waals surface area contributed by atoms with Gasteiger partial charge in [0.1, 0.15) is 0 Å². The van der Waals surface area contributed by atoms with Crippen LogP contribution >= 0.6 is 15.9 Å². The number of benzene rings is 1. The third-order valence-corrected chi connectivity index (χ3v) is 2.64. The van der Waals surface area contributed by atoms with Crippen molar-refractivity contribution in [2.24, 2.45) is 0 Å². The first-order valence-electron chi connectivity index (χ1n) is 4.31. The SMILES string of the molecule is COC(=O)Cc1ccc2onc(Br)c2c1. The lowest BCUT2D eigenvalue weighted by Gasteiger charge is -1.99. The van der Waals surface area contributed by atoms with Crippen LogP contribution in [-0.4, -0.2) is 18.2 Å². The Balaban J connectivity index is 2.37. The van der Waals surface area contributed by atoms with Gasteiger partial charge in [-0.05, 0) is 33.6 Å². The van der Waals surface area contributed by atoms with Crippen LogP contribution in [0.25, 0.3) is 11.0 Å². The molecule has 0 amide bonds. The van der Waals surface area contributed by atoms with Crippen LogP contribution in [0.4, 0.5) is 0 Å². The van der Waals surface area contributed by atoms with Gasteiger partial charge in [-0.3, -0.25) is 4.79 Å². The van der Waals surface area contributed by atoms with E-state index in [2.05, 4.69) is 25.8 Å². The summed E-state index contributed by atoms with van der Waals surface area (Å²) in [5.74, 6) is -0.262. The molecule has 2 rings (SSSR count). The lowest BCUT2D eigenvalue weighted by atomic mass is 10.1. The number of halogens is 1. The summed E-state index contributed by atoms with van der Waals surface area (Å²) in [5, 5.41) is 4.62. The summed E-state index contributed by atoms with van der Waals surface area (Å²) < 4.78 is 10.3. The predicted molar refractivity (Wildman–Crippen MR) is 57.4 cm³/mol. The second-order valence-corrected chi connectivity index (χ2v) is 3.81. The molecule has 1 aromatic carbocycles. The smallest absolute Gasteiger partial charge is 0.309 e. The van der Waals surface area contributed by atoms with Crippen LogP contribution in [0.2, 0.25) is 0 Å². The molecule has 78 valence electrons. The first-order valence-corrected chi connectivity index (χ1v) is 5.10. The van der Waals surface area contributed by atoms with Crippen LogP contribution in [0, 0.1) is 0 Å². The molecule has 1 heterocycles. The van der Waals surface area contributed by atoms with E-state index in [9.17, 15) is 4.79 Å². The Labute approximate surface area is 94.3 Å². The third-order valence-electron chi connectivity index (χ3n) is 2.07. The van der Waals surface area contributed by atoms with E-state index in [-0.39, 0.29) is 12.4 Å². The summed E-state index contributed by atoms with van der Waals surface area (Å²) in [4.78, 5) is 11.1. The van der Waals surface area contributed by atoms with E-state index < -0.39 is 0 Å². The van der Waals surface area contributed by atoms with Crippen molar-refractivity contribution in [1.82, 2.24) is 5.16 Å². The maximum atomic E-state index is 11.1. The van der Waals surface area contributed by atoms with Gasteiger partial charge in [-0.15, -0.1) is 0 Å². The third kappa shape index (κ3) is 2.02. The maximum absolute atomic E-state index is 11.1. The maximum Gasteiger partial charge on any atom is 0.309 e. The monoisotopic (exact) mass is 269 g/mol. The van der Waals surface area contributed by atoms with E-state index in [4.69, 9.17) is 4.52 Å². The normalized spacial score (nSPS) is 10.5. The number of carbonyl (C=O) groups excluding carboxylic acids is 1. The standard InChI is InChI=1S/C10H8BrNO3/c1-14-9(13)5-6-2-3-8-7(4-6)10(11)12-15-8/h2-4H,5H2,1H3. The topological polar surface area (TPSA) is 52.3 Å². The van der Waals surface area contributed by atoms with Crippen molar-refractivity contribution in [2.45, 2.75) is 6.42 Å². The summed E-state index contributed by atoms with van der Waals surface area (Å²) in [5.41, 5.74) is 1.56. The summed E-state index contributed by atoms with van der Waals surface area (Å²) >= 11 is 3.26. The van der Waals surface area contributed by atoms with Crippen LogP contribution in [-0.2, 0) is 16.0 Å². The highest BCUT2D eigenvalue weighted by Crippen LogP contribution is 2.24. The Hall–Kier alpha value is -1.36. The summed E-state index contributed by atoms with van der Waals surface area (Å²) in [6.45, 7) is 0. The number of hydrogen-bond acceptors (Lipinski definition) is 4. The minimum Gasteiger partial charge on any atom is -0.469 e. The largest absolute Gasteiger partial charge is 0.469 e. The molecule has 0 aliphatic heterocycles. The summed E-state index contributed by atoms with van der Waals surface area (Å²) in [6.07, 6.45) is 0.254. The molecule has 0 atom stereocenters. The summed E-state index contributed by atoms with van der Waals surface area (Å²) in [6, 6.07) is 5.45. The van der Waals surface area contributed by atoms with Gasteiger partial charge >= 0.3 is 5.97 Å². The minimum absolute atomic E-state index is 0.254.